The fourth-order valence-corrected chi connectivity index (χ4v) is 4.36. The molecular weight excluding hydrogens is 536 g/mol. The van der Waals surface area contributed by atoms with E-state index in [-0.39, 0.29) is 19.8 Å². The normalized spacial score (nSPS) is 12.2. The van der Waals surface area contributed by atoms with Gasteiger partial charge in [-0.2, -0.15) is 0 Å². The van der Waals surface area contributed by atoms with Crippen LogP contribution in [0.3, 0.4) is 0 Å². The largest absolute Gasteiger partial charge is 0.480 e. The van der Waals surface area contributed by atoms with E-state index < -0.39 is 34.7 Å². The molecule has 1 N–H and O–H groups in total. The van der Waals surface area contributed by atoms with Crippen molar-refractivity contribution in [1.29, 1.82) is 0 Å². The maximum absolute atomic E-state index is 12.1. The van der Waals surface area contributed by atoms with Crippen molar-refractivity contribution in [2.45, 2.75) is 86.0 Å². The van der Waals surface area contributed by atoms with Crippen molar-refractivity contribution in [3.63, 3.8) is 0 Å². The van der Waals surface area contributed by atoms with Gasteiger partial charge in [0.25, 0.3) is 0 Å². The Morgan fingerprint density at radius 1 is 0.571 bits per heavy atom. The van der Waals surface area contributed by atoms with Crippen LogP contribution < -0.4 is 0 Å². The highest BCUT2D eigenvalue weighted by Crippen LogP contribution is 2.29. The van der Waals surface area contributed by atoms with Crippen molar-refractivity contribution >= 4 is 23.9 Å². The lowest BCUT2D eigenvalue weighted by Crippen LogP contribution is -2.39. The maximum Gasteiger partial charge on any atom is 0.323 e. The highest BCUT2D eigenvalue weighted by Gasteiger charge is 2.44. The van der Waals surface area contributed by atoms with Crippen molar-refractivity contribution in [2.75, 3.05) is 19.8 Å². The number of benzene rings is 2. The van der Waals surface area contributed by atoms with Gasteiger partial charge < -0.3 is 19.3 Å². The van der Waals surface area contributed by atoms with E-state index in [4.69, 9.17) is 14.2 Å². The van der Waals surface area contributed by atoms with Gasteiger partial charge >= 0.3 is 23.9 Å². The zero-order chi connectivity index (χ0) is 31.4. The second-order valence-electron chi connectivity index (χ2n) is 10.5. The molecule has 0 spiro atoms. The molecule has 8 nitrogen and oxygen atoms in total. The van der Waals surface area contributed by atoms with Gasteiger partial charge in [0, 0.05) is 0 Å². The molecule has 0 heterocycles. The number of hydrogen-bond acceptors (Lipinski definition) is 7. The number of esters is 3. The molecule has 2 aromatic rings. The van der Waals surface area contributed by atoms with E-state index in [9.17, 15) is 24.3 Å². The molecule has 0 aliphatic heterocycles. The molecule has 8 heteroatoms. The standard InChI is InChI=1S/C18H26O4.C16H22O4/c1-4-21-16(19)18(3,17(20)22-5-2)14-10-9-13-15-11-7-6-8-12-15;1-3-20-15(19)16(2,14(17)18)12-8-7-11-13-9-5-4-6-10-13/h6-8,11-12H,4-5,9-10,13-14H2,1-3H3;4-6,9-10H,3,7-8,11-12H2,1-2H3,(H,17,18). The molecular formula is C34H48O8. The summed E-state index contributed by atoms with van der Waals surface area (Å²) in [5.41, 5.74) is -0.160. The number of carbonyl (C=O) groups excluding carboxylic acids is 3. The molecule has 42 heavy (non-hydrogen) atoms. The summed E-state index contributed by atoms with van der Waals surface area (Å²) in [7, 11) is 0. The first-order valence-corrected chi connectivity index (χ1v) is 14.9. The number of rotatable bonds is 17. The van der Waals surface area contributed by atoms with Crippen molar-refractivity contribution < 1.29 is 38.5 Å². The Balaban J connectivity index is 0.000000422. The average molecular weight is 585 g/mol. The lowest BCUT2D eigenvalue weighted by Gasteiger charge is -2.24. The predicted molar refractivity (Wildman–Crippen MR) is 162 cm³/mol. The summed E-state index contributed by atoms with van der Waals surface area (Å²) in [6.45, 7) is 8.93. The molecule has 0 fully saturated rings. The molecule has 0 radical (unpaired) electrons. The van der Waals surface area contributed by atoms with Gasteiger partial charge in [-0.3, -0.25) is 19.2 Å². The fraction of sp³-hybridized carbons (Fsp3) is 0.529. The second kappa shape index (κ2) is 19.4. The number of unbranched alkanes of at least 4 members (excludes halogenated alkanes) is 2. The van der Waals surface area contributed by atoms with Gasteiger partial charge in [-0.25, -0.2) is 0 Å². The summed E-state index contributed by atoms with van der Waals surface area (Å²) in [6.07, 6.45) is 5.78. The molecule has 1 unspecified atom stereocenters. The van der Waals surface area contributed by atoms with Crippen LogP contribution in [0.1, 0.15) is 84.3 Å². The van der Waals surface area contributed by atoms with Crippen molar-refractivity contribution in [3.8, 4) is 0 Å². The van der Waals surface area contributed by atoms with Gasteiger partial charge in [-0.15, -0.1) is 0 Å². The molecule has 0 saturated carbocycles. The summed E-state index contributed by atoms with van der Waals surface area (Å²) < 4.78 is 15.0. The first-order valence-electron chi connectivity index (χ1n) is 14.9. The molecule has 0 amide bonds. The third kappa shape index (κ3) is 12.0. The maximum atomic E-state index is 12.1. The number of ether oxygens (including phenoxy) is 3. The third-order valence-corrected chi connectivity index (χ3v) is 7.12. The summed E-state index contributed by atoms with van der Waals surface area (Å²) >= 11 is 0. The Hall–Kier alpha value is -3.68. The summed E-state index contributed by atoms with van der Waals surface area (Å²) in [5, 5.41) is 9.25. The lowest BCUT2D eigenvalue weighted by atomic mass is 9.84. The molecule has 2 aromatic carbocycles. The highest BCUT2D eigenvalue weighted by atomic mass is 16.6. The minimum absolute atomic E-state index is 0.200. The summed E-state index contributed by atoms with van der Waals surface area (Å²) in [4.78, 5) is 47.3. The topological polar surface area (TPSA) is 116 Å². The van der Waals surface area contributed by atoms with Crippen LogP contribution in [0.25, 0.3) is 0 Å². The van der Waals surface area contributed by atoms with Crippen molar-refractivity contribution in [2.24, 2.45) is 10.8 Å². The van der Waals surface area contributed by atoms with Crippen LogP contribution in [-0.4, -0.2) is 48.8 Å². The van der Waals surface area contributed by atoms with Gasteiger partial charge in [-0.1, -0.05) is 73.5 Å². The molecule has 0 aromatic heterocycles. The number of aryl methyl sites for hydroxylation is 2. The molecule has 1 atom stereocenters. The number of carbonyl (C=O) groups is 4. The summed E-state index contributed by atoms with van der Waals surface area (Å²) in [5.74, 6) is -2.75. The third-order valence-electron chi connectivity index (χ3n) is 7.12. The number of aliphatic carboxylic acids is 1. The quantitative estimate of drug-likeness (QED) is 0.0959. The Kier molecular flexibility index (Phi) is 16.8. The zero-order valence-corrected chi connectivity index (χ0v) is 25.9. The lowest BCUT2D eigenvalue weighted by molar-refractivity contribution is -0.172. The van der Waals surface area contributed by atoms with Crippen LogP contribution in [0.5, 0.6) is 0 Å². The average Bonchev–Trinajstić information content (AvgIpc) is 2.99. The van der Waals surface area contributed by atoms with E-state index in [1.807, 2.05) is 48.5 Å². The van der Waals surface area contributed by atoms with Crippen LogP contribution in [0.15, 0.2) is 60.7 Å². The van der Waals surface area contributed by atoms with Crippen LogP contribution in [0, 0.1) is 10.8 Å². The number of carboxylic acids is 1. The Morgan fingerprint density at radius 2 is 0.905 bits per heavy atom. The van der Waals surface area contributed by atoms with E-state index in [1.54, 1.807) is 27.7 Å². The Morgan fingerprint density at radius 3 is 1.24 bits per heavy atom. The van der Waals surface area contributed by atoms with Crippen LogP contribution >= 0.6 is 0 Å². The highest BCUT2D eigenvalue weighted by molar-refractivity contribution is 5.99. The van der Waals surface area contributed by atoms with Gasteiger partial charge in [-0.05, 0) is 84.3 Å². The van der Waals surface area contributed by atoms with Gasteiger partial charge in [0.1, 0.15) is 0 Å². The van der Waals surface area contributed by atoms with Crippen LogP contribution in [0.2, 0.25) is 0 Å². The van der Waals surface area contributed by atoms with Crippen molar-refractivity contribution in [3.05, 3.63) is 71.8 Å². The zero-order valence-electron chi connectivity index (χ0n) is 25.9. The molecule has 2 rings (SSSR count). The van der Waals surface area contributed by atoms with Gasteiger partial charge in [0.15, 0.2) is 10.8 Å². The van der Waals surface area contributed by atoms with E-state index in [0.29, 0.717) is 19.3 Å². The molecule has 0 saturated heterocycles. The van der Waals surface area contributed by atoms with Crippen molar-refractivity contribution in [1.82, 2.24) is 0 Å². The summed E-state index contributed by atoms with van der Waals surface area (Å²) in [6, 6.07) is 20.2. The Labute approximate surface area is 250 Å². The second-order valence-corrected chi connectivity index (χ2v) is 10.5. The van der Waals surface area contributed by atoms with E-state index in [0.717, 1.165) is 32.1 Å². The van der Waals surface area contributed by atoms with Gasteiger partial charge in [0.05, 0.1) is 19.8 Å². The number of carboxylic acid groups (broad SMARTS) is 1. The van der Waals surface area contributed by atoms with E-state index in [1.165, 1.54) is 18.1 Å². The van der Waals surface area contributed by atoms with Gasteiger partial charge in [0.2, 0.25) is 0 Å². The predicted octanol–water partition coefficient (Wildman–Crippen LogP) is 6.59. The molecule has 232 valence electrons. The Bertz CT molecular complexity index is 1070. The molecule has 0 bridgehead atoms. The first-order chi connectivity index (χ1) is 20.0. The minimum atomic E-state index is -1.44. The smallest absolute Gasteiger partial charge is 0.323 e. The minimum Gasteiger partial charge on any atom is -0.480 e. The van der Waals surface area contributed by atoms with Crippen LogP contribution in [-0.2, 0) is 46.2 Å². The molecule has 0 aliphatic carbocycles. The molecule has 0 aliphatic rings. The monoisotopic (exact) mass is 584 g/mol. The van der Waals surface area contributed by atoms with E-state index in [2.05, 4.69) is 12.1 Å². The fourth-order valence-electron chi connectivity index (χ4n) is 4.36. The van der Waals surface area contributed by atoms with E-state index >= 15 is 0 Å². The SMILES string of the molecule is CCOC(=O)C(C)(CCCCc1ccccc1)C(=O)O.CCOC(=O)C(C)(CCCCc1ccccc1)C(=O)OCC. The number of hydrogen-bond donors (Lipinski definition) is 1. The first kappa shape index (κ1) is 36.3. The van der Waals surface area contributed by atoms with Crippen LogP contribution in [0.4, 0.5) is 0 Å².